The van der Waals surface area contributed by atoms with Crippen LogP contribution < -0.4 is 19.9 Å². The summed E-state index contributed by atoms with van der Waals surface area (Å²) >= 11 is 1.39. The molecule has 10 nitrogen and oxygen atoms in total. The predicted octanol–water partition coefficient (Wildman–Crippen LogP) is 1.36. The smallest absolute Gasteiger partial charge is 0.264 e. The van der Waals surface area contributed by atoms with Crippen molar-refractivity contribution in [2.24, 2.45) is 11.7 Å². The topological polar surface area (TPSA) is 122 Å². The Balaban J connectivity index is 1.74. The highest BCUT2D eigenvalue weighted by molar-refractivity contribution is 8.00. The quantitative estimate of drug-likeness (QED) is 0.670. The fraction of sp³-hybridized carbons (Fsp3) is 0.500. The first-order chi connectivity index (χ1) is 15.0. The van der Waals surface area contributed by atoms with Crippen molar-refractivity contribution >= 4 is 23.6 Å². The minimum Gasteiger partial charge on any atom is -0.493 e. The van der Waals surface area contributed by atoms with Crippen LogP contribution in [0.1, 0.15) is 29.2 Å². The predicted molar refractivity (Wildman–Crippen MR) is 113 cm³/mol. The summed E-state index contributed by atoms with van der Waals surface area (Å²) in [5.41, 5.74) is 6.36. The number of likely N-dealkylation sites (tertiary alicyclic amines) is 1. The zero-order valence-electron chi connectivity index (χ0n) is 17.6. The molecule has 1 aromatic carbocycles. The highest BCUT2D eigenvalue weighted by Crippen LogP contribution is 2.46. The van der Waals surface area contributed by atoms with Crippen LogP contribution >= 0.6 is 11.8 Å². The van der Waals surface area contributed by atoms with Crippen LogP contribution in [0.4, 0.5) is 0 Å². The second kappa shape index (κ2) is 8.75. The number of carbonyl (C=O) groups excluding carboxylic acids is 2. The van der Waals surface area contributed by atoms with E-state index in [0.717, 1.165) is 5.56 Å². The molecule has 0 saturated carbocycles. The number of nitrogens with two attached hydrogens (primary N) is 1. The average Bonchev–Trinajstić information content (AvgIpc) is 3.36. The van der Waals surface area contributed by atoms with E-state index in [-0.39, 0.29) is 23.8 Å². The molecule has 1 aromatic heterocycles. The first-order valence-electron chi connectivity index (χ1n) is 9.92. The summed E-state index contributed by atoms with van der Waals surface area (Å²) < 4.78 is 17.9. The number of primary amides is 1. The van der Waals surface area contributed by atoms with E-state index in [1.807, 2.05) is 12.1 Å². The molecule has 2 N–H and O–H groups in total. The monoisotopic (exact) mass is 447 g/mol. The molecule has 2 unspecified atom stereocenters. The molecule has 2 aliphatic heterocycles. The van der Waals surface area contributed by atoms with Gasteiger partial charge in [-0.15, -0.1) is 0 Å². The van der Waals surface area contributed by atoms with Gasteiger partial charge in [0.15, 0.2) is 16.7 Å². The van der Waals surface area contributed by atoms with E-state index in [2.05, 4.69) is 15.0 Å². The maximum absolute atomic E-state index is 13.2. The lowest BCUT2D eigenvalue weighted by atomic mass is 9.92. The molecule has 31 heavy (non-hydrogen) atoms. The van der Waals surface area contributed by atoms with Crippen molar-refractivity contribution in [1.82, 2.24) is 19.7 Å². The molecule has 0 aliphatic carbocycles. The van der Waals surface area contributed by atoms with Gasteiger partial charge in [-0.25, -0.2) is 4.98 Å². The summed E-state index contributed by atoms with van der Waals surface area (Å²) in [6.07, 6.45) is 2.67. The number of methoxy groups -OCH3 is 3. The average molecular weight is 448 g/mol. The van der Waals surface area contributed by atoms with E-state index in [4.69, 9.17) is 19.9 Å². The van der Waals surface area contributed by atoms with Gasteiger partial charge in [0.05, 0.1) is 27.4 Å². The Kier molecular flexibility index (Phi) is 6.05. The van der Waals surface area contributed by atoms with Gasteiger partial charge in [-0.05, 0) is 43.6 Å². The van der Waals surface area contributed by atoms with E-state index < -0.39 is 5.25 Å². The van der Waals surface area contributed by atoms with Crippen molar-refractivity contribution in [3.63, 3.8) is 0 Å². The van der Waals surface area contributed by atoms with Gasteiger partial charge in [0, 0.05) is 5.92 Å². The van der Waals surface area contributed by atoms with E-state index in [1.165, 1.54) is 22.8 Å². The van der Waals surface area contributed by atoms with Crippen LogP contribution in [0.25, 0.3) is 0 Å². The number of fused-ring (bicyclic) bond motifs is 1. The van der Waals surface area contributed by atoms with Crippen molar-refractivity contribution in [3.8, 4) is 17.2 Å². The second-order valence-corrected chi connectivity index (χ2v) is 8.56. The SMILES string of the molecule is COc1cc(C(C2Sc3ncnn3C2=O)N2CCC(C(N)=O)CC2)cc(OC)c1OC. The number of aromatic nitrogens is 3. The van der Waals surface area contributed by atoms with Gasteiger partial charge in [0.25, 0.3) is 5.91 Å². The van der Waals surface area contributed by atoms with Gasteiger partial charge < -0.3 is 19.9 Å². The molecule has 0 spiro atoms. The summed E-state index contributed by atoms with van der Waals surface area (Å²) in [4.78, 5) is 31.2. The minimum atomic E-state index is -0.455. The van der Waals surface area contributed by atoms with Gasteiger partial charge in [-0.1, -0.05) is 11.8 Å². The molecule has 0 radical (unpaired) electrons. The molecule has 3 heterocycles. The molecule has 2 aliphatic rings. The van der Waals surface area contributed by atoms with Crippen LogP contribution in [0.3, 0.4) is 0 Å². The number of thioether (sulfide) groups is 1. The summed E-state index contributed by atoms with van der Waals surface area (Å²) in [5, 5.41) is 4.18. The number of hydrogen-bond donors (Lipinski definition) is 1. The van der Waals surface area contributed by atoms with Crippen molar-refractivity contribution in [1.29, 1.82) is 0 Å². The third kappa shape index (κ3) is 3.83. The summed E-state index contributed by atoms with van der Waals surface area (Å²) in [6.45, 7) is 1.27. The molecule has 0 bridgehead atoms. The first kappa shape index (κ1) is 21.4. The maximum atomic E-state index is 13.2. The van der Waals surface area contributed by atoms with Crippen molar-refractivity contribution in [2.75, 3.05) is 34.4 Å². The third-order valence-electron chi connectivity index (χ3n) is 5.84. The minimum absolute atomic E-state index is 0.131. The van der Waals surface area contributed by atoms with Gasteiger partial charge in [-0.3, -0.25) is 14.5 Å². The van der Waals surface area contributed by atoms with E-state index >= 15 is 0 Å². The first-order valence-corrected chi connectivity index (χ1v) is 10.8. The van der Waals surface area contributed by atoms with Gasteiger partial charge in [-0.2, -0.15) is 9.78 Å². The van der Waals surface area contributed by atoms with Crippen molar-refractivity contribution < 1.29 is 23.8 Å². The number of rotatable bonds is 7. The third-order valence-corrected chi connectivity index (χ3v) is 7.04. The zero-order valence-corrected chi connectivity index (χ0v) is 18.4. The van der Waals surface area contributed by atoms with Crippen LogP contribution in [0, 0.1) is 5.92 Å². The van der Waals surface area contributed by atoms with Crippen LogP contribution in [-0.2, 0) is 4.79 Å². The van der Waals surface area contributed by atoms with Crippen LogP contribution in [0.2, 0.25) is 0 Å². The Morgan fingerprint density at radius 1 is 1.16 bits per heavy atom. The van der Waals surface area contributed by atoms with Gasteiger partial charge in [0.1, 0.15) is 11.6 Å². The molecule has 2 aromatic rings. The summed E-state index contributed by atoms with van der Waals surface area (Å²) in [5.74, 6) is 0.953. The maximum Gasteiger partial charge on any atom is 0.264 e. The highest BCUT2D eigenvalue weighted by atomic mass is 32.2. The lowest BCUT2D eigenvalue weighted by Gasteiger charge is -2.39. The molecule has 1 fully saturated rings. The molecule has 11 heteroatoms. The number of piperidine rings is 1. The lowest BCUT2D eigenvalue weighted by molar-refractivity contribution is -0.123. The molecule has 1 amide bonds. The molecule has 166 valence electrons. The fourth-order valence-corrected chi connectivity index (χ4v) is 5.49. The largest absolute Gasteiger partial charge is 0.493 e. The molecular formula is C20H25N5O5S. The van der Waals surface area contributed by atoms with Gasteiger partial charge in [0.2, 0.25) is 11.7 Å². The number of ether oxygens (including phenoxy) is 3. The highest BCUT2D eigenvalue weighted by Gasteiger charge is 2.44. The number of carbonyl (C=O) groups is 2. The number of nitrogens with zero attached hydrogens (tertiary/aromatic N) is 4. The number of benzene rings is 1. The number of amides is 1. The molecule has 2 atom stereocenters. The van der Waals surface area contributed by atoms with Crippen LogP contribution in [-0.4, -0.2) is 71.1 Å². The zero-order chi connectivity index (χ0) is 22.1. The summed E-state index contributed by atoms with van der Waals surface area (Å²) in [6, 6.07) is 3.44. The van der Waals surface area contributed by atoms with E-state index in [0.29, 0.717) is 48.3 Å². The van der Waals surface area contributed by atoms with Crippen molar-refractivity contribution in [3.05, 3.63) is 24.0 Å². The second-order valence-electron chi connectivity index (χ2n) is 7.45. The van der Waals surface area contributed by atoms with Crippen LogP contribution in [0.5, 0.6) is 17.2 Å². The Bertz CT molecular complexity index is 963. The van der Waals surface area contributed by atoms with E-state index in [1.54, 1.807) is 21.3 Å². The Morgan fingerprint density at radius 2 is 1.81 bits per heavy atom. The molecule has 1 saturated heterocycles. The Labute approximate surface area is 184 Å². The van der Waals surface area contributed by atoms with E-state index in [9.17, 15) is 9.59 Å². The lowest BCUT2D eigenvalue weighted by Crippen LogP contribution is -2.45. The Hall–Kier alpha value is -2.79. The normalized spacial score (nSPS) is 20.4. The molecule has 4 rings (SSSR count). The van der Waals surface area contributed by atoms with Crippen molar-refractivity contribution in [2.45, 2.75) is 29.3 Å². The van der Waals surface area contributed by atoms with Crippen LogP contribution in [0.15, 0.2) is 23.6 Å². The van der Waals surface area contributed by atoms with Gasteiger partial charge >= 0.3 is 0 Å². The standard InChI is InChI=1S/C20H25N5O5S/c1-28-13-8-12(9-14(29-2)16(13)30-3)15(24-6-4-11(5-7-24)18(21)26)17-19(27)25-20(31-17)22-10-23-25/h8-11,15,17H,4-7H2,1-3H3,(H2,21,26). The number of hydrogen-bond acceptors (Lipinski definition) is 9. The summed E-state index contributed by atoms with van der Waals surface area (Å²) in [7, 11) is 4.67. The fourth-order valence-electron chi connectivity index (χ4n) is 4.26. The molecular weight excluding hydrogens is 422 g/mol. The Morgan fingerprint density at radius 3 is 2.32 bits per heavy atom.